The van der Waals surface area contributed by atoms with Crippen molar-refractivity contribution in [3.05, 3.63) is 41.6 Å². The van der Waals surface area contributed by atoms with Gasteiger partial charge in [0, 0.05) is 12.1 Å². The molecule has 0 atom stereocenters. The van der Waals surface area contributed by atoms with Gasteiger partial charge in [-0.3, -0.25) is 14.2 Å². The third-order valence-electron chi connectivity index (χ3n) is 3.61. The maximum absolute atomic E-state index is 12.6. The molecule has 3 rings (SSSR count). The van der Waals surface area contributed by atoms with Crippen LogP contribution < -0.4 is 4.31 Å². The van der Waals surface area contributed by atoms with E-state index in [2.05, 4.69) is 10.2 Å². The molecule has 110 valence electrons. The maximum Gasteiger partial charge on any atom is 0.281 e. The van der Waals surface area contributed by atoms with Crippen LogP contribution in [0.25, 0.3) is 0 Å². The number of rotatable bonds is 3. The number of Topliss-reactive ketones (excluding diaryl/α,β-unsaturated/α-hetero) is 1. The number of aromatic amines is 1. The van der Waals surface area contributed by atoms with Gasteiger partial charge in [-0.05, 0) is 49.6 Å². The highest BCUT2D eigenvalue weighted by Gasteiger charge is 2.30. The summed E-state index contributed by atoms with van der Waals surface area (Å²) in [5, 5.41) is 6.28. The van der Waals surface area contributed by atoms with Crippen molar-refractivity contribution in [2.45, 2.75) is 24.8 Å². The van der Waals surface area contributed by atoms with Crippen LogP contribution in [0.2, 0.25) is 0 Å². The van der Waals surface area contributed by atoms with Crippen LogP contribution in [0.5, 0.6) is 0 Å². The molecule has 0 radical (unpaired) electrons. The Kier molecular flexibility index (Phi) is 3.29. The lowest BCUT2D eigenvalue weighted by Gasteiger charge is -2.30. The molecule has 0 aliphatic carbocycles. The SMILES string of the molecule is CC(=O)c1ccc2c(c1)CCCN2S(=O)(=O)c1ccn[nH]1. The second-order valence-electron chi connectivity index (χ2n) is 5.00. The number of sulfonamides is 1. The monoisotopic (exact) mass is 305 g/mol. The summed E-state index contributed by atoms with van der Waals surface area (Å²) in [6.07, 6.45) is 2.91. The van der Waals surface area contributed by atoms with Gasteiger partial charge in [0.25, 0.3) is 10.0 Å². The number of fused-ring (bicyclic) bond motifs is 1. The van der Waals surface area contributed by atoms with Gasteiger partial charge in [0.1, 0.15) is 0 Å². The number of ketones is 1. The molecule has 2 heterocycles. The zero-order valence-electron chi connectivity index (χ0n) is 11.5. The highest BCUT2D eigenvalue weighted by molar-refractivity contribution is 7.92. The van der Waals surface area contributed by atoms with Crippen molar-refractivity contribution in [1.82, 2.24) is 10.2 Å². The fourth-order valence-corrected chi connectivity index (χ4v) is 3.98. The van der Waals surface area contributed by atoms with Crippen LogP contribution in [0.3, 0.4) is 0 Å². The van der Waals surface area contributed by atoms with E-state index in [4.69, 9.17) is 0 Å². The summed E-state index contributed by atoms with van der Waals surface area (Å²) < 4.78 is 26.6. The quantitative estimate of drug-likeness (QED) is 0.876. The second-order valence-corrected chi connectivity index (χ2v) is 6.83. The Labute approximate surface area is 122 Å². The summed E-state index contributed by atoms with van der Waals surface area (Å²) in [6, 6.07) is 6.60. The molecule has 0 bridgehead atoms. The second kappa shape index (κ2) is 5.00. The van der Waals surface area contributed by atoms with E-state index in [1.54, 1.807) is 18.2 Å². The molecule has 1 aromatic carbocycles. The number of hydrogen-bond acceptors (Lipinski definition) is 4. The summed E-state index contributed by atoms with van der Waals surface area (Å²) in [6.45, 7) is 1.93. The van der Waals surface area contributed by atoms with Gasteiger partial charge >= 0.3 is 0 Å². The highest BCUT2D eigenvalue weighted by atomic mass is 32.2. The number of hydrogen-bond donors (Lipinski definition) is 1. The van der Waals surface area contributed by atoms with Gasteiger partial charge in [0.15, 0.2) is 10.8 Å². The first-order chi connectivity index (χ1) is 10.00. The average Bonchev–Trinajstić information content (AvgIpc) is 3.00. The molecule has 0 spiro atoms. The number of nitrogens with one attached hydrogen (secondary N) is 1. The summed E-state index contributed by atoms with van der Waals surface area (Å²) in [5.41, 5.74) is 2.13. The zero-order valence-corrected chi connectivity index (χ0v) is 12.4. The highest BCUT2D eigenvalue weighted by Crippen LogP contribution is 2.32. The van der Waals surface area contributed by atoms with Crippen LogP contribution in [0.15, 0.2) is 35.5 Å². The van der Waals surface area contributed by atoms with Gasteiger partial charge in [-0.25, -0.2) is 0 Å². The third kappa shape index (κ3) is 2.33. The molecule has 21 heavy (non-hydrogen) atoms. The Morgan fingerprint density at radius 1 is 1.33 bits per heavy atom. The molecular weight excluding hydrogens is 290 g/mol. The van der Waals surface area contributed by atoms with Crippen LogP contribution >= 0.6 is 0 Å². The van der Waals surface area contributed by atoms with E-state index in [1.807, 2.05) is 0 Å². The molecule has 1 aliphatic rings. The van der Waals surface area contributed by atoms with Crippen molar-refractivity contribution >= 4 is 21.5 Å². The van der Waals surface area contributed by atoms with Crippen molar-refractivity contribution in [2.24, 2.45) is 0 Å². The van der Waals surface area contributed by atoms with Crippen molar-refractivity contribution < 1.29 is 13.2 Å². The van der Waals surface area contributed by atoms with E-state index < -0.39 is 10.0 Å². The van der Waals surface area contributed by atoms with E-state index in [0.29, 0.717) is 17.8 Å². The van der Waals surface area contributed by atoms with Crippen LogP contribution in [0.4, 0.5) is 5.69 Å². The van der Waals surface area contributed by atoms with Gasteiger partial charge < -0.3 is 0 Å². The first kappa shape index (κ1) is 13.8. The minimum atomic E-state index is -3.63. The average molecular weight is 305 g/mol. The Morgan fingerprint density at radius 2 is 2.14 bits per heavy atom. The number of aryl methyl sites for hydroxylation is 1. The van der Waals surface area contributed by atoms with E-state index >= 15 is 0 Å². The summed E-state index contributed by atoms with van der Waals surface area (Å²) in [7, 11) is -3.63. The predicted molar refractivity (Wildman–Crippen MR) is 77.9 cm³/mol. The molecule has 1 aromatic heterocycles. The first-order valence-corrected chi connectivity index (χ1v) is 8.10. The van der Waals surface area contributed by atoms with Crippen molar-refractivity contribution in [1.29, 1.82) is 0 Å². The standard InChI is InChI=1S/C14H15N3O3S/c1-10(18)11-4-5-13-12(9-11)3-2-8-17(13)21(19,20)14-6-7-15-16-14/h4-7,9H,2-3,8H2,1H3,(H,15,16). The van der Waals surface area contributed by atoms with Crippen LogP contribution in [0.1, 0.15) is 29.3 Å². The molecule has 1 N–H and O–H groups in total. The summed E-state index contributed by atoms with van der Waals surface area (Å²) >= 11 is 0. The summed E-state index contributed by atoms with van der Waals surface area (Å²) in [4.78, 5) is 11.5. The van der Waals surface area contributed by atoms with Gasteiger partial charge in [-0.15, -0.1) is 0 Å². The first-order valence-electron chi connectivity index (χ1n) is 6.66. The molecule has 1 aliphatic heterocycles. The van der Waals surface area contributed by atoms with Crippen LogP contribution in [-0.4, -0.2) is 30.9 Å². The topological polar surface area (TPSA) is 83.1 Å². The number of H-pyrrole nitrogens is 1. The van der Waals surface area contributed by atoms with Crippen LogP contribution in [-0.2, 0) is 16.4 Å². The fourth-order valence-electron chi connectivity index (χ4n) is 2.54. The lowest BCUT2D eigenvalue weighted by Crippen LogP contribution is -2.35. The molecule has 0 fully saturated rings. The molecule has 0 saturated heterocycles. The number of benzene rings is 1. The molecule has 0 unspecified atom stereocenters. The van der Waals surface area contributed by atoms with Gasteiger partial charge in [0.05, 0.1) is 11.9 Å². The molecule has 0 saturated carbocycles. The van der Waals surface area contributed by atoms with Crippen molar-refractivity contribution in [2.75, 3.05) is 10.8 Å². The maximum atomic E-state index is 12.6. The molecule has 7 heteroatoms. The normalized spacial score (nSPS) is 14.8. The van der Waals surface area contributed by atoms with Crippen LogP contribution in [0, 0.1) is 0 Å². The number of nitrogens with zero attached hydrogens (tertiary/aromatic N) is 2. The van der Waals surface area contributed by atoms with Gasteiger partial charge in [0.2, 0.25) is 0 Å². The van der Waals surface area contributed by atoms with E-state index in [-0.39, 0.29) is 10.8 Å². The Bertz CT molecular complexity index is 782. The minimum Gasteiger partial charge on any atom is -0.295 e. The summed E-state index contributed by atoms with van der Waals surface area (Å²) in [5.74, 6) is -0.0219. The number of anilines is 1. The lowest BCUT2D eigenvalue weighted by molar-refractivity contribution is 0.101. The van der Waals surface area contributed by atoms with Crippen molar-refractivity contribution in [3.8, 4) is 0 Å². The Hall–Kier alpha value is -2.15. The van der Waals surface area contributed by atoms with E-state index in [0.717, 1.165) is 18.4 Å². The minimum absolute atomic E-state index is 0.0219. The fraction of sp³-hybridized carbons (Fsp3) is 0.286. The Balaban J connectivity index is 2.07. The molecule has 0 amide bonds. The molecular formula is C14H15N3O3S. The zero-order chi connectivity index (χ0) is 15.0. The predicted octanol–water partition coefficient (Wildman–Crippen LogP) is 1.75. The molecule has 6 nitrogen and oxygen atoms in total. The number of aromatic nitrogens is 2. The van der Waals surface area contributed by atoms with Gasteiger partial charge in [-0.2, -0.15) is 13.5 Å². The third-order valence-corrected chi connectivity index (χ3v) is 5.35. The number of carbonyl (C=O) groups excluding carboxylic acids is 1. The number of carbonyl (C=O) groups is 1. The molecule has 2 aromatic rings. The Morgan fingerprint density at radius 3 is 2.81 bits per heavy atom. The van der Waals surface area contributed by atoms with Crippen molar-refractivity contribution in [3.63, 3.8) is 0 Å². The van der Waals surface area contributed by atoms with E-state index in [1.165, 1.54) is 23.5 Å². The van der Waals surface area contributed by atoms with E-state index in [9.17, 15) is 13.2 Å². The smallest absolute Gasteiger partial charge is 0.281 e. The van der Waals surface area contributed by atoms with Gasteiger partial charge in [-0.1, -0.05) is 0 Å². The largest absolute Gasteiger partial charge is 0.295 e. The lowest BCUT2D eigenvalue weighted by atomic mass is 9.99.